The molecule has 190 valence electrons. The molecule has 6 aromatic rings. The van der Waals surface area contributed by atoms with E-state index in [0.29, 0.717) is 0 Å². The van der Waals surface area contributed by atoms with Gasteiger partial charge in [-0.25, -0.2) is 9.36 Å². The number of rotatable bonds is 7. The maximum Gasteiger partial charge on any atom is 0.164 e. The highest BCUT2D eigenvalue weighted by molar-refractivity contribution is 5.75. The largest absolute Gasteiger partial charge is 0.360 e. The number of aryl methyl sites for hydroxylation is 4. The molecule has 4 aromatic carbocycles. The van der Waals surface area contributed by atoms with E-state index in [0.717, 1.165) is 44.6 Å². The van der Waals surface area contributed by atoms with Crippen molar-refractivity contribution in [2.75, 3.05) is 10.6 Å². The lowest BCUT2D eigenvalue weighted by Crippen LogP contribution is -2.35. The first kappa shape index (κ1) is 23.7. The third-order valence-electron chi connectivity index (χ3n) is 6.97. The molecule has 0 aliphatic heterocycles. The molecular weight excluding hydrogens is 472 g/mol. The number of fused-ring (bicyclic) bond motifs is 2. The molecule has 0 aliphatic carbocycles. The molecule has 0 aliphatic rings. The molecule has 2 atom stereocenters. The highest BCUT2D eigenvalue weighted by Gasteiger charge is 2.31. The standard InChI is InChI=1S/C30H30N8/c1-19-13-15-21(3)25(17-19)31-29(37-27-11-7-5-9-23(27)33-35-37)30(32-26-18-20(2)14-16-22(26)4)38-28-12-8-6-10-24(28)34-36-38/h5-18,29-32H,1-4H3. The Morgan fingerprint density at radius 1 is 0.553 bits per heavy atom. The number of nitrogens with zero attached hydrogens (tertiary/aromatic N) is 6. The van der Waals surface area contributed by atoms with Gasteiger partial charge >= 0.3 is 0 Å². The first-order chi connectivity index (χ1) is 18.5. The van der Waals surface area contributed by atoms with Crippen LogP contribution in [0.4, 0.5) is 11.4 Å². The molecule has 2 heterocycles. The molecule has 0 amide bonds. The van der Waals surface area contributed by atoms with Crippen molar-refractivity contribution in [2.45, 2.75) is 40.0 Å². The van der Waals surface area contributed by atoms with Gasteiger partial charge in [-0.3, -0.25) is 0 Å². The fraction of sp³-hybridized carbons (Fsp3) is 0.200. The summed E-state index contributed by atoms with van der Waals surface area (Å²) in [4.78, 5) is 0. The quantitative estimate of drug-likeness (QED) is 0.265. The van der Waals surface area contributed by atoms with Crippen LogP contribution in [0.1, 0.15) is 34.6 Å². The fourth-order valence-corrected chi connectivity index (χ4v) is 4.83. The predicted octanol–water partition coefficient (Wildman–Crippen LogP) is 6.33. The number of para-hydroxylation sites is 2. The number of nitrogens with one attached hydrogen (secondary N) is 2. The number of anilines is 2. The molecule has 0 bridgehead atoms. The smallest absolute Gasteiger partial charge is 0.164 e. The molecule has 38 heavy (non-hydrogen) atoms. The third kappa shape index (κ3) is 4.34. The zero-order valence-corrected chi connectivity index (χ0v) is 21.9. The van der Waals surface area contributed by atoms with E-state index in [1.807, 2.05) is 57.9 Å². The molecule has 2 N–H and O–H groups in total. The number of hydrogen-bond donors (Lipinski definition) is 2. The lowest BCUT2D eigenvalue weighted by Gasteiger charge is -2.32. The van der Waals surface area contributed by atoms with Gasteiger partial charge in [0.2, 0.25) is 0 Å². The van der Waals surface area contributed by atoms with Crippen molar-refractivity contribution in [1.82, 2.24) is 30.0 Å². The Hall–Kier alpha value is -4.72. The highest BCUT2D eigenvalue weighted by Crippen LogP contribution is 2.33. The summed E-state index contributed by atoms with van der Waals surface area (Å²) in [7, 11) is 0. The molecule has 8 heteroatoms. The molecule has 2 unspecified atom stereocenters. The van der Waals surface area contributed by atoms with E-state index in [9.17, 15) is 0 Å². The second-order valence-corrected chi connectivity index (χ2v) is 9.86. The molecule has 2 aromatic heterocycles. The summed E-state index contributed by atoms with van der Waals surface area (Å²) in [5.41, 5.74) is 10.2. The lowest BCUT2D eigenvalue weighted by atomic mass is 10.1. The van der Waals surface area contributed by atoms with Crippen LogP contribution in [-0.2, 0) is 0 Å². The summed E-state index contributed by atoms with van der Waals surface area (Å²) in [6.07, 6.45) is -0.819. The van der Waals surface area contributed by atoms with E-state index in [1.54, 1.807) is 0 Å². The number of aromatic nitrogens is 6. The summed E-state index contributed by atoms with van der Waals surface area (Å²) < 4.78 is 3.88. The van der Waals surface area contributed by atoms with Crippen molar-refractivity contribution < 1.29 is 0 Å². The SMILES string of the molecule is Cc1ccc(C)c(NC(C(Nc2cc(C)ccc2C)n2nnc3ccccc32)n2nnc3ccccc32)c1. The van der Waals surface area contributed by atoms with E-state index in [1.165, 1.54) is 11.1 Å². The first-order valence-electron chi connectivity index (χ1n) is 12.8. The maximum atomic E-state index is 4.64. The van der Waals surface area contributed by atoms with Crippen molar-refractivity contribution in [1.29, 1.82) is 0 Å². The minimum absolute atomic E-state index is 0.409. The normalized spacial score (nSPS) is 13.1. The minimum Gasteiger partial charge on any atom is -0.360 e. The van der Waals surface area contributed by atoms with Crippen LogP contribution >= 0.6 is 0 Å². The summed E-state index contributed by atoms with van der Waals surface area (Å²) in [5, 5.41) is 25.8. The summed E-state index contributed by atoms with van der Waals surface area (Å²) in [5.74, 6) is 0. The number of benzene rings is 4. The van der Waals surface area contributed by atoms with Crippen LogP contribution in [0.25, 0.3) is 22.1 Å². The molecular formula is C30H30N8. The first-order valence-corrected chi connectivity index (χ1v) is 12.8. The second-order valence-electron chi connectivity index (χ2n) is 9.86. The van der Waals surface area contributed by atoms with E-state index in [2.05, 4.69) is 95.4 Å². The second kappa shape index (κ2) is 9.63. The Bertz CT molecular complexity index is 1620. The van der Waals surface area contributed by atoms with Gasteiger partial charge in [-0.2, -0.15) is 0 Å². The molecule has 0 radical (unpaired) electrons. The molecule has 8 nitrogen and oxygen atoms in total. The molecule has 0 spiro atoms. The summed E-state index contributed by atoms with van der Waals surface area (Å²) in [6, 6.07) is 28.8. The van der Waals surface area contributed by atoms with Crippen molar-refractivity contribution in [2.24, 2.45) is 0 Å². The van der Waals surface area contributed by atoms with Gasteiger partial charge < -0.3 is 10.6 Å². The molecule has 0 saturated heterocycles. The van der Waals surface area contributed by atoms with Crippen molar-refractivity contribution in [3.05, 3.63) is 107 Å². The van der Waals surface area contributed by atoms with E-state index in [4.69, 9.17) is 0 Å². The van der Waals surface area contributed by atoms with Crippen LogP contribution < -0.4 is 10.6 Å². The van der Waals surface area contributed by atoms with Crippen molar-refractivity contribution in [3.8, 4) is 0 Å². The zero-order valence-electron chi connectivity index (χ0n) is 21.9. The average Bonchev–Trinajstić information content (AvgIpc) is 3.54. The number of hydrogen-bond acceptors (Lipinski definition) is 6. The van der Waals surface area contributed by atoms with Crippen LogP contribution in [0.2, 0.25) is 0 Å². The van der Waals surface area contributed by atoms with E-state index >= 15 is 0 Å². The van der Waals surface area contributed by atoms with Gasteiger partial charge in [0.05, 0.1) is 11.0 Å². The zero-order chi connectivity index (χ0) is 26.2. The van der Waals surface area contributed by atoms with Gasteiger partial charge in [0.25, 0.3) is 0 Å². The average molecular weight is 503 g/mol. The summed E-state index contributed by atoms with van der Waals surface area (Å²) >= 11 is 0. The Balaban J connectivity index is 1.58. The maximum absolute atomic E-state index is 4.64. The minimum atomic E-state index is -0.409. The van der Waals surface area contributed by atoms with Crippen LogP contribution in [0.15, 0.2) is 84.9 Å². The van der Waals surface area contributed by atoms with Crippen LogP contribution in [-0.4, -0.2) is 30.0 Å². The topological polar surface area (TPSA) is 85.5 Å². The van der Waals surface area contributed by atoms with Gasteiger partial charge in [-0.05, 0) is 86.3 Å². The molecule has 6 rings (SSSR count). The Kier molecular flexibility index (Phi) is 5.99. The van der Waals surface area contributed by atoms with Crippen molar-refractivity contribution >= 4 is 33.4 Å². The van der Waals surface area contributed by atoms with Gasteiger partial charge in [0, 0.05) is 11.4 Å². The highest BCUT2D eigenvalue weighted by atomic mass is 15.5. The Labute approximate surface area is 221 Å². The van der Waals surface area contributed by atoms with Gasteiger partial charge in [-0.1, -0.05) is 59.0 Å². The third-order valence-corrected chi connectivity index (χ3v) is 6.97. The van der Waals surface area contributed by atoms with Gasteiger partial charge in [0.15, 0.2) is 12.3 Å². The van der Waals surface area contributed by atoms with Gasteiger partial charge in [0.1, 0.15) is 11.0 Å². The predicted molar refractivity (Wildman–Crippen MR) is 152 cm³/mol. The van der Waals surface area contributed by atoms with Crippen molar-refractivity contribution in [3.63, 3.8) is 0 Å². The fourth-order valence-electron chi connectivity index (χ4n) is 4.83. The van der Waals surface area contributed by atoms with Crippen LogP contribution in [0, 0.1) is 27.7 Å². The van der Waals surface area contributed by atoms with E-state index < -0.39 is 12.3 Å². The van der Waals surface area contributed by atoms with Crippen LogP contribution in [0.3, 0.4) is 0 Å². The summed E-state index contributed by atoms with van der Waals surface area (Å²) in [6.45, 7) is 8.41. The Morgan fingerprint density at radius 2 is 0.974 bits per heavy atom. The Morgan fingerprint density at radius 3 is 1.42 bits per heavy atom. The molecule has 0 saturated carbocycles. The lowest BCUT2D eigenvalue weighted by molar-refractivity contribution is 0.346. The van der Waals surface area contributed by atoms with E-state index in [-0.39, 0.29) is 0 Å². The monoisotopic (exact) mass is 502 g/mol. The van der Waals surface area contributed by atoms with Gasteiger partial charge in [-0.15, -0.1) is 10.2 Å². The van der Waals surface area contributed by atoms with Crippen LogP contribution in [0.5, 0.6) is 0 Å². The molecule has 0 fully saturated rings.